The molecule has 64 heavy (non-hydrogen) atoms. The number of amidine groups is 1. The number of hydrogen-bond donors (Lipinski definition) is 1. The van der Waals surface area contributed by atoms with E-state index in [1.165, 1.54) is 0 Å². The predicted octanol–water partition coefficient (Wildman–Crippen LogP) is 5.10. The fourth-order valence-corrected chi connectivity index (χ4v) is 6.47. The molecule has 5 rings (SSSR count). The summed E-state index contributed by atoms with van der Waals surface area (Å²) in [5.41, 5.74) is 10.3. The van der Waals surface area contributed by atoms with Crippen LogP contribution in [0.2, 0.25) is 0 Å². The third-order valence-corrected chi connectivity index (χ3v) is 9.79. The Hall–Kier alpha value is -5.28. The highest BCUT2D eigenvalue weighted by Crippen LogP contribution is 2.32. The van der Waals surface area contributed by atoms with Crippen LogP contribution in [0.4, 0.5) is 23.2 Å². The molecule has 0 saturated carbocycles. The van der Waals surface area contributed by atoms with E-state index in [1.54, 1.807) is 13.0 Å². The van der Waals surface area contributed by atoms with Gasteiger partial charge in [-0.2, -0.15) is 8.78 Å². The summed E-state index contributed by atoms with van der Waals surface area (Å²) in [5.74, 6) is -9.63. The van der Waals surface area contributed by atoms with Gasteiger partial charge in [0.15, 0.2) is 11.6 Å². The zero-order chi connectivity index (χ0) is 45.7. The van der Waals surface area contributed by atoms with Crippen LogP contribution in [0.1, 0.15) is 35.7 Å². The Bertz CT molecular complexity index is 2060. The molecule has 1 amide bonds. The van der Waals surface area contributed by atoms with Crippen molar-refractivity contribution in [3.63, 3.8) is 0 Å². The third kappa shape index (κ3) is 15.8. The number of hydrogen-bond acceptors (Lipinski definition) is 14. The number of nitrogens with zero attached hydrogens (tertiary/aromatic N) is 3. The molecule has 3 aromatic rings. The molecule has 0 atom stereocenters. The summed E-state index contributed by atoms with van der Waals surface area (Å²) in [7, 11) is 0. The van der Waals surface area contributed by atoms with Gasteiger partial charge in [0.05, 0.1) is 98.0 Å². The van der Waals surface area contributed by atoms with Crippen molar-refractivity contribution in [2.75, 3.05) is 119 Å². The number of rotatable bonds is 26. The fourth-order valence-electron chi connectivity index (χ4n) is 6.47. The van der Waals surface area contributed by atoms with Crippen LogP contribution in [0, 0.1) is 23.3 Å². The van der Waals surface area contributed by atoms with E-state index in [0.717, 1.165) is 36.3 Å². The van der Waals surface area contributed by atoms with Crippen LogP contribution in [0.15, 0.2) is 59.1 Å². The Morgan fingerprint density at radius 1 is 0.688 bits per heavy atom. The van der Waals surface area contributed by atoms with Crippen molar-refractivity contribution in [3.8, 4) is 16.9 Å². The maximum atomic E-state index is 13.6. The highest BCUT2D eigenvalue weighted by molar-refractivity contribution is 6.03. The van der Waals surface area contributed by atoms with Gasteiger partial charge >= 0.3 is 11.9 Å². The molecule has 348 valence electrons. The molecule has 2 heterocycles. The maximum absolute atomic E-state index is 13.6. The SMILES string of the molecule is CCOC(=O)C1=Cc2ccc(-c3cccc(C(=O)N4CCN(CCOCCOCCOCCOCCOCCOCCC(=O)Oc5c(F)c(F)cc(F)c5F)CC4)c3)cc2N=C(N)C1. The highest BCUT2D eigenvalue weighted by atomic mass is 19.2. The minimum atomic E-state index is -1.80. The Balaban J connectivity index is 0.828. The fraction of sp³-hybridized carbons (Fsp3) is 0.467. The highest BCUT2D eigenvalue weighted by Gasteiger charge is 2.24. The lowest BCUT2D eigenvalue weighted by Gasteiger charge is -2.34. The molecule has 3 aromatic carbocycles. The molecule has 0 bridgehead atoms. The quantitative estimate of drug-likeness (QED) is 0.0372. The van der Waals surface area contributed by atoms with E-state index in [2.05, 4.69) is 14.6 Å². The van der Waals surface area contributed by atoms with Gasteiger partial charge in [0.2, 0.25) is 17.4 Å². The summed E-state index contributed by atoms with van der Waals surface area (Å²) >= 11 is 0. The van der Waals surface area contributed by atoms with Crippen molar-refractivity contribution in [1.82, 2.24) is 9.80 Å². The normalized spacial score (nSPS) is 14.1. The molecule has 1 saturated heterocycles. The van der Waals surface area contributed by atoms with Crippen LogP contribution in [0.3, 0.4) is 0 Å². The van der Waals surface area contributed by atoms with Gasteiger partial charge in [-0.05, 0) is 42.3 Å². The number of amides is 1. The molecule has 2 aliphatic heterocycles. The van der Waals surface area contributed by atoms with Crippen LogP contribution in [-0.4, -0.2) is 152 Å². The van der Waals surface area contributed by atoms with Crippen LogP contribution >= 0.6 is 0 Å². The largest absolute Gasteiger partial charge is 0.463 e. The van der Waals surface area contributed by atoms with Crippen LogP contribution in [-0.2, 0) is 42.7 Å². The van der Waals surface area contributed by atoms with Gasteiger partial charge in [0.25, 0.3) is 5.91 Å². The third-order valence-electron chi connectivity index (χ3n) is 9.79. The van der Waals surface area contributed by atoms with E-state index in [9.17, 15) is 31.9 Å². The summed E-state index contributed by atoms with van der Waals surface area (Å²) in [6.45, 7) is 9.22. The number of fused-ring (bicyclic) bond motifs is 1. The van der Waals surface area contributed by atoms with E-state index in [0.29, 0.717) is 88.6 Å². The number of nitrogens with two attached hydrogens (primary N) is 1. The van der Waals surface area contributed by atoms with E-state index >= 15 is 0 Å². The van der Waals surface area contributed by atoms with Crippen LogP contribution in [0.5, 0.6) is 5.75 Å². The van der Waals surface area contributed by atoms with E-state index < -0.39 is 47.4 Å². The smallest absolute Gasteiger partial charge is 0.334 e. The molecule has 2 aliphatic rings. The molecule has 0 aliphatic carbocycles. The van der Waals surface area contributed by atoms with Crippen LogP contribution < -0.4 is 10.5 Å². The number of carbonyl (C=O) groups excluding carboxylic acids is 3. The zero-order valence-corrected chi connectivity index (χ0v) is 35.8. The van der Waals surface area contributed by atoms with Crippen molar-refractivity contribution in [3.05, 3.63) is 88.5 Å². The minimum Gasteiger partial charge on any atom is -0.463 e. The van der Waals surface area contributed by atoms with Crippen molar-refractivity contribution in [1.29, 1.82) is 0 Å². The topological polar surface area (TPSA) is 170 Å². The maximum Gasteiger partial charge on any atom is 0.334 e. The summed E-state index contributed by atoms with van der Waals surface area (Å²) in [4.78, 5) is 46.3. The number of piperazine rings is 1. The van der Waals surface area contributed by atoms with Gasteiger partial charge in [0, 0.05) is 61.9 Å². The van der Waals surface area contributed by atoms with Crippen molar-refractivity contribution in [2.45, 2.75) is 19.8 Å². The first kappa shape index (κ1) is 49.7. The number of carbonyl (C=O) groups is 3. The molecule has 0 unspecified atom stereocenters. The Labute approximate surface area is 369 Å². The number of benzene rings is 3. The standard InChI is InChI=1S/C45H54F4N4O11/c1-2-63-45(56)35-27-33-7-6-32(28-38(33)51-39(50)29-35)31-4-3-5-34(26-31)44(55)53-11-9-52(10-12-53)13-15-58-17-19-60-21-23-62-25-24-61-22-20-59-18-16-57-14-8-40(54)64-43-41(48)36(46)30-37(47)42(43)49/h3-7,26-28,30H,2,8-25,29H2,1H3,(H2,50,51). The summed E-state index contributed by atoms with van der Waals surface area (Å²) in [5, 5.41) is 0. The van der Waals surface area contributed by atoms with Gasteiger partial charge < -0.3 is 48.5 Å². The van der Waals surface area contributed by atoms with E-state index in [1.807, 2.05) is 47.4 Å². The molecule has 0 radical (unpaired) electrons. The van der Waals surface area contributed by atoms with E-state index in [-0.39, 0.29) is 51.4 Å². The monoisotopic (exact) mass is 902 g/mol. The molecule has 2 N–H and O–H groups in total. The lowest BCUT2D eigenvalue weighted by atomic mass is 9.99. The average Bonchev–Trinajstić information content (AvgIpc) is 3.46. The molecule has 0 aromatic heterocycles. The molecular weight excluding hydrogens is 849 g/mol. The van der Waals surface area contributed by atoms with Gasteiger partial charge in [0.1, 0.15) is 5.84 Å². The first-order valence-corrected chi connectivity index (χ1v) is 21.0. The Morgan fingerprint density at radius 3 is 1.84 bits per heavy atom. The lowest BCUT2D eigenvalue weighted by molar-refractivity contribution is -0.138. The molecule has 15 nitrogen and oxygen atoms in total. The van der Waals surface area contributed by atoms with Gasteiger partial charge in [-0.3, -0.25) is 14.5 Å². The van der Waals surface area contributed by atoms with Crippen molar-refractivity contribution >= 4 is 35.4 Å². The zero-order valence-electron chi connectivity index (χ0n) is 35.8. The van der Waals surface area contributed by atoms with Crippen molar-refractivity contribution < 1.29 is 69.8 Å². The van der Waals surface area contributed by atoms with Gasteiger partial charge in [-0.15, -0.1) is 0 Å². The second-order valence-corrected chi connectivity index (χ2v) is 14.4. The number of aliphatic imine (C=N–C) groups is 1. The summed E-state index contributed by atoms with van der Waals surface area (Å²) in [6.07, 6.45) is 1.56. The Morgan fingerprint density at radius 2 is 1.25 bits per heavy atom. The molecular formula is C45H54F4N4O11. The second kappa shape index (κ2) is 26.5. The average molecular weight is 903 g/mol. The van der Waals surface area contributed by atoms with E-state index in [4.69, 9.17) is 38.9 Å². The first-order valence-electron chi connectivity index (χ1n) is 21.0. The Kier molecular flexibility index (Phi) is 20.6. The summed E-state index contributed by atoms with van der Waals surface area (Å²) < 4.78 is 95.9. The van der Waals surface area contributed by atoms with Gasteiger partial charge in [-0.1, -0.05) is 24.3 Å². The predicted molar refractivity (Wildman–Crippen MR) is 226 cm³/mol. The number of esters is 2. The molecule has 1 fully saturated rings. The van der Waals surface area contributed by atoms with Crippen LogP contribution in [0.25, 0.3) is 17.2 Å². The van der Waals surface area contributed by atoms with Crippen molar-refractivity contribution in [2.24, 2.45) is 10.7 Å². The molecule has 19 heteroatoms. The lowest BCUT2D eigenvalue weighted by Crippen LogP contribution is -2.49. The molecule has 0 spiro atoms. The number of ether oxygens (including phenoxy) is 8. The summed E-state index contributed by atoms with van der Waals surface area (Å²) in [6, 6.07) is 13.3. The number of halogens is 4. The second-order valence-electron chi connectivity index (χ2n) is 14.4. The first-order chi connectivity index (χ1) is 31.0. The van der Waals surface area contributed by atoms with Gasteiger partial charge in [-0.25, -0.2) is 18.6 Å². The minimum absolute atomic E-state index is 0.0166.